The molecule has 4 rings (SSSR count). The van der Waals surface area contributed by atoms with Gasteiger partial charge in [-0.1, -0.05) is 59.2 Å². The topological polar surface area (TPSA) is 80.5 Å². The smallest absolute Gasteiger partial charge is 0.230 e. The van der Waals surface area contributed by atoms with Crippen LogP contribution < -0.4 is 0 Å². The van der Waals surface area contributed by atoms with Gasteiger partial charge in [-0.3, -0.25) is 4.79 Å². The molecule has 3 aromatic rings. The second-order valence-electron chi connectivity index (χ2n) is 7.43. The summed E-state index contributed by atoms with van der Waals surface area (Å²) in [5.41, 5.74) is 2.45. The van der Waals surface area contributed by atoms with Crippen molar-refractivity contribution in [3.05, 3.63) is 77.0 Å². The normalized spacial score (nSPS) is 17.7. The number of halogens is 1. The second-order valence-corrected chi connectivity index (χ2v) is 10.1. The zero-order valence-electron chi connectivity index (χ0n) is 16.2. The van der Waals surface area contributed by atoms with E-state index in [2.05, 4.69) is 5.16 Å². The summed E-state index contributed by atoms with van der Waals surface area (Å²) >= 11 is 5.96. The highest BCUT2D eigenvalue weighted by atomic mass is 35.5. The van der Waals surface area contributed by atoms with Gasteiger partial charge in [0.25, 0.3) is 0 Å². The lowest BCUT2D eigenvalue weighted by atomic mass is 10.1. The molecule has 2 heterocycles. The number of hydrogen-bond donors (Lipinski definition) is 0. The third kappa shape index (κ3) is 4.91. The van der Waals surface area contributed by atoms with Crippen LogP contribution in [-0.4, -0.2) is 41.9 Å². The minimum atomic E-state index is -3.13. The molecule has 1 fully saturated rings. The number of rotatable bonds is 6. The zero-order chi connectivity index (χ0) is 21.1. The van der Waals surface area contributed by atoms with E-state index in [-0.39, 0.29) is 29.9 Å². The van der Waals surface area contributed by atoms with Crippen LogP contribution in [0, 0.1) is 0 Å². The lowest BCUT2D eigenvalue weighted by molar-refractivity contribution is -0.133. The number of amides is 1. The Kier molecular flexibility index (Phi) is 5.92. The molecule has 1 aliphatic rings. The van der Waals surface area contributed by atoms with Crippen LogP contribution in [0.2, 0.25) is 5.02 Å². The molecule has 1 aromatic heterocycles. The summed E-state index contributed by atoms with van der Waals surface area (Å²) in [6.45, 7) is 0.315. The van der Waals surface area contributed by atoms with Crippen LogP contribution in [0.25, 0.3) is 11.3 Å². The first kappa shape index (κ1) is 20.6. The van der Waals surface area contributed by atoms with Crippen LogP contribution in [0.15, 0.2) is 65.2 Å². The minimum Gasteiger partial charge on any atom is -0.360 e. The molecule has 156 valence electrons. The Morgan fingerprint density at radius 1 is 1.13 bits per heavy atom. The van der Waals surface area contributed by atoms with Gasteiger partial charge in [-0.15, -0.1) is 0 Å². The molecule has 8 heteroatoms. The summed E-state index contributed by atoms with van der Waals surface area (Å²) in [5, 5.41) is 4.66. The fourth-order valence-corrected chi connectivity index (χ4v) is 5.48. The highest BCUT2D eigenvalue weighted by molar-refractivity contribution is 7.91. The summed E-state index contributed by atoms with van der Waals surface area (Å²) in [4.78, 5) is 14.8. The van der Waals surface area contributed by atoms with Gasteiger partial charge < -0.3 is 9.42 Å². The van der Waals surface area contributed by atoms with Crippen molar-refractivity contribution in [2.45, 2.75) is 25.4 Å². The Labute approximate surface area is 180 Å². The summed E-state index contributed by atoms with van der Waals surface area (Å²) < 4.78 is 29.4. The van der Waals surface area contributed by atoms with Crippen molar-refractivity contribution in [1.82, 2.24) is 10.1 Å². The largest absolute Gasteiger partial charge is 0.360 e. The molecule has 2 aromatic carbocycles. The summed E-state index contributed by atoms with van der Waals surface area (Å²) in [7, 11) is -3.13. The van der Waals surface area contributed by atoms with Crippen molar-refractivity contribution in [3.8, 4) is 11.3 Å². The molecule has 1 unspecified atom stereocenters. The van der Waals surface area contributed by atoms with Gasteiger partial charge in [0.1, 0.15) is 11.5 Å². The van der Waals surface area contributed by atoms with Gasteiger partial charge in [-0.25, -0.2) is 8.42 Å². The van der Waals surface area contributed by atoms with Crippen LogP contribution >= 0.6 is 11.6 Å². The average molecular weight is 445 g/mol. The number of benzene rings is 2. The third-order valence-electron chi connectivity index (χ3n) is 5.19. The molecule has 1 aliphatic heterocycles. The molecular formula is C22H21ClN2O4S. The average Bonchev–Trinajstić information content (AvgIpc) is 3.34. The molecule has 0 aliphatic carbocycles. The minimum absolute atomic E-state index is 0.0159. The highest BCUT2D eigenvalue weighted by Crippen LogP contribution is 2.23. The molecule has 0 bridgehead atoms. The highest BCUT2D eigenvalue weighted by Gasteiger charge is 2.35. The van der Waals surface area contributed by atoms with E-state index in [0.717, 1.165) is 11.1 Å². The molecule has 0 spiro atoms. The number of nitrogens with zero attached hydrogens (tertiary/aromatic N) is 2. The van der Waals surface area contributed by atoms with E-state index >= 15 is 0 Å². The summed E-state index contributed by atoms with van der Waals surface area (Å²) in [6, 6.07) is 18.2. The molecule has 1 atom stereocenters. The van der Waals surface area contributed by atoms with Crippen LogP contribution in [-0.2, 0) is 27.6 Å². The monoisotopic (exact) mass is 444 g/mol. The SMILES string of the molecule is O=C(Cc1cc(-c2ccccc2)no1)N(Cc1ccc(Cl)cc1)C1CCS(=O)(=O)C1. The van der Waals surface area contributed by atoms with E-state index in [1.54, 1.807) is 23.1 Å². The Morgan fingerprint density at radius 3 is 2.53 bits per heavy atom. The van der Waals surface area contributed by atoms with E-state index in [1.165, 1.54) is 0 Å². The zero-order valence-corrected chi connectivity index (χ0v) is 17.8. The van der Waals surface area contributed by atoms with Crippen molar-refractivity contribution in [2.75, 3.05) is 11.5 Å². The maximum Gasteiger partial charge on any atom is 0.230 e. The standard InChI is InChI=1S/C22H21ClN2O4S/c23-18-8-6-16(7-9-18)14-25(19-10-11-30(27,28)15-19)22(26)13-20-12-21(24-29-20)17-4-2-1-3-5-17/h1-9,12,19H,10-11,13-15H2. The third-order valence-corrected chi connectivity index (χ3v) is 7.19. The molecule has 30 heavy (non-hydrogen) atoms. The van der Waals surface area contributed by atoms with Gasteiger partial charge in [-0.2, -0.15) is 0 Å². The quantitative estimate of drug-likeness (QED) is 0.578. The molecule has 1 saturated heterocycles. The first-order valence-corrected chi connectivity index (χ1v) is 11.8. The molecule has 0 saturated carbocycles. The lowest BCUT2D eigenvalue weighted by Gasteiger charge is -2.28. The van der Waals surface area contributed by atoms with Crippen molar-refractivity contribution in [1.29, 1.82) is 0 Å². The van der Waals surface area contributed by atoms with Crippen molar-refractivity contribution >= 4 is 27.3 Å². The number of carbonyl (C=O) groups excluding carboxylic acids is 1. The van der Waals surface area contributed by atoms with Crippen molar-refractivity contribution in [3.63, 3.8) is 0 Å². The van der Waals surface area contributed by atoms with Gasteiger partial charge in [-0.05, 0) is 24.1 Å². The second kappa shape index (κ2) is 8.62. The number of hydrogen-bond acceptors (Lipinski definition) is 5. The number of carbonyl (C=O) groups is 1. The maximum absolute atomic E-state index is 13.1. The molecule has 6 nitrogen and oxygen atoms in total. The van der Waals surface area contributed by atoms with Gasteiger partial charge >= 0.3 is 0 Å². The Bertz CT molecular complexity index is 1130. The van der Waals surface area contributed by atoms with Gasteiger partial charge in [0.05, 0.1) is 17.9 Å². The Morgan fingerprint density at radius 2 is 1.87 bits per heavy atom. The lowest BCUT2D eigenvalue weighted by Crippen LogP contribution is -2.41. The molecule has 1 amide bonds. The van der Waals surface area contributed by atoms with E-state index in [1.807, 2.05) is 42.5 Å². The van der Waals surface area contributed by atoms with Crippen LogP contribution in [0.1, 0.15) is 17.7 Å². The molecule has 0 radical (unpaired) electrons. The van der Waals surface area contributed by atoms with Gasteiger partial charge in [0.15, 0.2) is 9.84 Å². The van der Waals surface area contributed by atoms with Crippen LogP contribution in [0.3, 0.4) is 0 Å². The Balaban J connectivity index is 1.53. The van der Waals surface area contributed by atoms with E-state index in [0.29, 0.717) is 29.4 Å². The van der Waals surface area contributed by atoms with E-state index in [9.17, 15) is 13.2 Å². The fourth-order valence-electron chi connectivity index (χ4n) is 3.62. The Hall–Kier alpha value is -2.64. The predicted octanol–water partition coefficient (Wildman–Crippen LogP) is 3.75. The van der Waals surface area contributed by atoms with Crippen LogP contribution in [0.5, 0.6) is 0 Å². The first-order chi connectivity index (χ1) is 14.4. The summed E-state index contributed by atoms with van der Waals surface area (Å²) in [5.74, 6) is 0.337. The van der Waals surface area contributed by atoms with Crippen molar-refractivity contribution < 1.29 is 17.7 Å². The van der Waals surface area contributed by atoms with E-state index < -0.39 is 9.84 Å². The summed E-state index contributed by atoms with van der Waals surface area (Å²) in [6.07, 6.45) is 0.456. The predicted molar refractivity (Wildman–Crippen MR) is 115 cm³/mol. The molecule has 0 N–H and O–H groups in total. The van der Waals surface area contributed by atoms with Crippen molar-refractivity contribution in [2.24, 2.45) is 0 Å². The number of sulfone groups is 1. The molecular weight excluding hydrogens is 424 g/mol. The van der Waals surface area contributed by atoms with Crippen LogP contribution in [0.4, 0.5) is 0 Å². The number of aromatic nitrogens is 1. The maximum atomic E-state index is 13.1. The van der Waals surface area contributed by atoms with Gasteiger partial charge in [0.2, 0.25) is 5.91 Å². The first-order valence-electron chi connectivity index (χ1n) is 9.65. The van der Waals surface area contributed by atoms with Gasteiger partial charge in [0, 0.05) is 29.2 Å². The fraction of sp³-hybridized carbons (Fsp3) is 0.273. The van der Waals surface area contributed by atoms with E-state index in [4.69, 9.17) is 16.1 Å².